The van der Waals surface area contributed by atoms with E-state index in [0.29, 0.717) is 17.1 Å². The van der Waals surface area contributed by atoms with Crippen molar-refractivity contribution in [3.63, 3.8) is 0 Å². The molecule has 0 aliphatic carbocycles. The van der Waals surface area contributed by atoms with Gasteiger partial charge in [-0.05, 0) is 41.5 Å². The minimum Gasteiger partial charge on any atom is -0.503 e. The van der Waals surface area contributed by atoms with Crippen LogP contribution in [0.25, 0.3) is 6.08 Å². The number of benzene rings is 3. The van der Waals surface area contributed by atoms with Crippen LogP contribution in [0.4, 0.5) is 0 Å². The monoisotopic (exact) mass is 455 g/mol. The molecule has 1 unspecified atom stereocenters. The summed E-state index contributed by atoms with van der Waals surface area (Å²) in [5, 5.41) is 10.7. The number of ether oxygens (including phenoxy) is 2. The van der Waals surface area contributed by atoms with Gasteiger partial charge in [-0.2, -0.15) is 0 Å². The van der Waals surface area contributed by atoms with Gasteiger partial charge in [0.15, 0.2) is 11.5 Å². The number of aliphatic hydroxyl groups excluding tert-OH is 1. The fourth-order valence-corrected chi connectivity index (χ4v) is 3.87. The summed E-state index contributed by atoms with van der Waals surface area (Å²) in [7, 11) is 1.53. The summed E-state index contributed by atoms with van der Waals surface area (Å²) in [5.74, 6) is -0.361. The molecule has 1 aliphatic heterocycles. The van der Waals surface area contributed by atoms with Gasteiger partial charge in [0, 0.05) is 13.7 Å². The Morgan fingerprint density at radius 3 is 2.35 bits per heavy atom. The van der Waals surface area contributed by atoms with Crippen molar-refractivity contribution >= 4 is 17.8 Å². The lowest BCUT2D eigenvalue weighted by Gasteiger charge is -2.26. The van der Waals surface area contributed by atoms with Gasteiger partial charge in [-0.25, -0.2) is 0 Å². The highest BCUT2D eigenvalue weighted by atomic mass is 16.5. The second kappa shape index (κ2) is 10.6. The smallest absolute Gasteiger partial charge is 0.290 e. The molecule has 0 fully saturated rings. The molecule has 0 bridgehead atoms. The Morgan fingerprint density at radius 1 is 0.971 bits per heavy atom. The molecule has 1 amide bonds. The molecule has 0 aromatic heterocycles. The van der Waals surface area contributed by atoms with E-state index >= 15 is 0 Å². The van der Waals surface area contributed by atoms with Gasteiger partial charge < -0.3 is 19.5 Å². The number of nitrogens with zero attached hydrogens (tertiary/aromatic N) is 1. The number of aliphatic hydroxyl groups is 1. The summed E-state index contributed by atoms with van der Waals surface area (Å²) >= 11 is 0. The molecule has 172 valence electrons. The van der Waals surface area contributed by atoms with Crippen molar-refractivity contribution in [3.05, 3.63) is 113 Å². The van der Waals surface area contributed by atoms with E-state index in [0.717, 1.165) is 5.56 Å². The van der Waals surface area contributed by atoms with Gasteiger partial charge in [-0.3, -0.25) is 9.59 Å². The fraction of sp³-hybridized carbons (Fsp3) is 0.143. The van der Waals surface area contributed by atoms with Crippen molar-refractivity contribution in [1.82, 2.24) is 4.90 Å². The third-order valence-corrected chi connectivity index (χ3v) is 5.48. The number of amides is 1. The third-order valence-electron chi connectivity index (χ3n) is 5.48. The molecule has 6 nitrogen and oxygen atoms in total. The summed E-state index contributed by atoms with van der Waals surface area (Å²) in [6.07, 6.45) is 3.04. The Morgan fingerprint density at radius 2 is 1.65 bits per heavy atom. The molecular formula is C28H25NO5. The van der Waals surface area contributed by atoms with Crippen molar-refractivity contribution in [1.29, 1.82) is 0 Å². The molecule has 34 heavy (non-hydrogen) atoms. The van der Waals surface area contributed by atoms with E-state index in [2.05, 4.69) is 0 Å². The summed E-state index contributed by atoms with van der Waals surface area (Å²) in [5.41, 5.74) is 1.52. The molecule has 1 atom stereocenters. The lowest BCUT2D eigenvalue weighted by Crippen LogP contribution is -2.33. The number of methoxy groups -OCH3 is 1. The number of allylic oxidation sites excluding steroid dienone is 1. The average Bonchev–Trinajstić information content (AvgIpc) is 3.12. The van der Waals surface area contributed by atoms with Gasteiger partial charge in [0.2, 0.25) is 0 Å². The Hall–Kier alpha value is -4.16. The lowest BCUT2D eigenvalue weighted by atomic mass is 9.95. The first-order valence-electron chi connectivity index (χ1n) is 10.9. The highest BCUT2D eigenvalue weighted by molar-refractivity contribution is 6.14. The molecule has 6 heteroatoms. The summed E-state index contributed by atoms with van der Waals surface area (Å²) in [6, 6.07) is 25.1. The molecule has 0 saturated carbocycles. The van der Waals surface area contributed by atoms with Crippen molar-refractivity contribution in [2.45, 2.75) is 6.04 Å². The van der Waals surface area contributed by atoms with Crippen LogP contribution in [0.1, 0.15) is 17.2 Å². The second-order valence-electron chi connectivity index (χ2n) is 7.75. The van der Waals surface area contributed by atoms with E-state index < -0.39 is 23.5 Å². The molecular weight excluding hydrogens is 430 g/mol. The molecule has 3 aromatic carbocycles. The van der Waals surface area contributed by atoms with Gasteiger partial charge in [0.1, 0.15) is 11.5 Å². The number of carbonyl (C=O) groups excluding carboxylic acids is 2. The van der Waals surface area contributed by atoms with Crippen LogP contribution in [-0.4, -0.2) is 42.0 Å². The number of carbonyl (C=O) groups is 2. The van der Waals surface area contributed by atoms with Crippen molar-refractivity contribution in [2.24, 2.45) is 0 Å². The SMILES string of the molecule is COCCN1C(=O)C(O)=C(C(=O)/C=C/c2ccccc2)C1c1cccc(Oc2ccccc2)c1. The number of hydrogen-bond acceptors (Lipinski definition) is 5. The summed E-state index contributed by atoms with van der Waals surface area (Å²) in [6.45, 7) is 0.476. The van der Waals surface area contributed by atoms with Crippen LogP contribution in [-0.2, 0) is 14.3 Å². The van der Waals surface area contributed by atoms with E-state index in [1.807, 2.05) is 66.7 Å². The normalized spacial score (nSPS) is 15.9. The predicted molar refractivity (Wildman–Crippen MR) is 129 cm³/mol. The molecule has 3 aromatic rings. The first kappa shape index (κ1) is 23.0. The molecule has 0 spiro atoms. The zero-order valence-electron chi connectivity index (χ0n) is 18.8. The quantitative estimate of drug-likeness (QED) is 0.454. The standard InChI is InChI=1S/C28H25NO5/c1-33-18-17-29-26(21-11-8-14-23(19-21)34-22-12-6-3-7-13-22)25(27(31)28(29)32)24(30)16-15-20-9-4-2-5-10-20/h2-16,19,26,31H,17-18H2,1H3/b16-15+. The number of para-hydroxylation sites is 1. The molecule has 1 heterocycles. The maximum Gasteiger partial charge on any atom is 0.290 e. The Kier molecular flexibility index (Phi) is 7.20. The van der Waals surface area contributed by atoms with Crippen molar-refractivity contribution in [3.8, 4) is 11.5 Å². The molecule has 0 saturated heterocycles. The largest absolute Gasteiger partial charge is 0.503 e. The lowest BCUT2D eigenvalue weighted by molar-refractivity contribution is -0.130. The highest BCUT2D eigenvalue weighted by Crippen LogP contribution is 2.39. The minimum absolute atomic E-state index is 0.0325. The van der Waals surface area contributed by atoms with E-state index in [9.17, 15) is 14.7 Å². The van der Waals surface area contributed by atoms with E-state index in [4.69, 9.17) is 9.47 Å². The zero-order valence-corrected chi connectivity index (χ0v) is 18.8. The van der Waals surface area contributed by atoms with Crippen LogP contribution >= 0.6 is 0 Å². The van der Waals surface area contributed by atoms with Gasteiger partial charge in [-0.15, -0.1) is 0 Å². The average molecular weight is 456 g/mol. The summed E-state index contributed by atoms with van der Waals surface area (Å²) in [4.78, 5) is 27.6. The Labute approximate surface area is 198 Å². The molecule has 4 rings (SSSR count). The molecule has 1 N–H and O–H groups in total. The predicted octanol–water partition coefficient (Wildman–Crippen LogP) is 5.10. The van der Waals surface area contributed by atoms with E-state index in [1.54, 1.807) is 24.3 Å². The maximum atomic E-state index is 13.2. The summed E-state index contributed by atoms with van der Waals surface area (Å²) < 4.78 is 11.1. The highest BCUT2D eigenvalue weighted by Gasteiger charge is 2.42. The fourth-order valence-electron chi connectivity index (χ4n) is 3.87. The first-order valence-corrected chi connectivity index (χ1v) is 10.9. The molecule has 1 aliphatic rings. The van der Waals surface area contributed by atoms with Gasteiger partial charge in [-0.1, -0.05) is 66.7 Å². The van der Waals surface area contributed by atoms with E-state index in [-0.39, 0.29) is 18.7 Å². The Bertz CT molecular complexity index is 1220. The van der Waals surface area contributed by atoms with Crippen molar-refractivity contribution in [2.75, 3.05) is 20.3 Å². The van der Waals surface area contributed by atoms with Crippen LogP contribution in [0.2, 0.25) is 0 Å². The van der Waals surface area contributed by atoms with Gasteiger partial charge in [0.25, 0.3) is 5.91 Å². The van der Waals surface area contributed by atoms with Crippen LogP contribution in [0.3, 0.4) is 0 Å². The minimum atomic E-state index is -0.769. The zero-order chi connectivity index (χ0) is 23.9. The van der Waals surface area contributed by atoms with Gasteiger partial charge >= 0.3 is 0 Å². The molecule has 0 radical (unpaired) electrons. The number of ketones is 1. The number of rotatable bonds is 9. The van der Waals surface area contributed by atoms with Gasteiger partial charge in [0.05, 0.1) is 18.2 Å². The number of hydrogen-bond donors (Lipinski definition) is 1. The first-order chi connectivity index (χ1) is 16.6. The van der Waals surface area contributed by atoms with Crippen LogP contribution in [0.5, 0.6) is 11.5 Å². The van der Waals surface area contributed by atoms with Crippen molar-refractivity contribution < 1.29 is 24.2 Å². The topological polar surface area (TPSA) is 76.1 Å². The van der Waals surface area contributed by atoms with Crippen LogP contribution in [0, 0.1) is 0 Å². The van der Waals surface area contributed by atoms with Crippen LogP contribution < -0.4 is 4.74 Å². The van der Waals surface area contributed by atoms with E-state index in [1.165, 1.54) is 18.1 Å². The van der Waals surface area contributed by atoms with Crippen LogP contribution in [0.15, 0.2) is 102 Å². The second-order valence-corrected chi connectivity index (χ2v) is 7.75. The Balaban J connectivity index is 1.68. The maximum absolute atomic E-state index is 13.2. The third kappa shape index (κ3) is 5.08.